The summed E-state index contributed by atoms with van der Waals surface area (Å²) in [5.74, 6) is 0.187. The maximum atomic E-state index is 13.7. The molecule has 6 nitrogen and oxygen atoms in total. The van der Waals surface area contributed by atoms with Gasteiger partial charge in [-0.15, -0.1) is 0 Å². The first-order valence-electron chi connectivity index (χ1n) is 9.50. The average molecular weight is 499 g/mol. The zero-order chi connectivity index (χ0) is 20.5. The average Bonchev–Trinajstić information content (AvgIpc) is 2.93. The second-order valence-corrected chi connectivity index (χ2v) is 8.59. The van der Waals surface area contributed by atoms with Crippen molar-refractivity contribution in [2.75, 3.05) is 14.2 Å². The van der Waals surface area contributed by atoms with Gasteiger partial charge in [-0.25, -0.2) is 4.79 Å². The molecule has 0 radical (unpaired) electrons. The van der Waals surface area contributed by atoms with E-state index in [1.54, 1.807) is 7.11 Å². The summed E-state index contributed by atoms with van der Waals surface area (Å²) in [7, 11) is 2.96. The zero-order valence-corrected chi connectivity index (χ0v) is 18.8. The van der Waals surface area contributed by atoms with Gasteiger partial charge in [0.05, 0.1) is 18.8 Å². The number of nitrogens with one attached hydrogen (secondary N) is 1. The van der Waals surface area contributed by atoms with Crippen molar-refractivity contribution in [2.45, 2.75) is 57.6 Å². The standard InChI is InChI=1S/C21H26INO5/c1-5-13-11-14(22)10-12(2)16(13)17-18(24)21(8-6-15(26-3)7-9-21)23-19(17)28-20(25)27-4/h10-11,15,23H,5-9H2,1-4H3. The molecule has 1 aliphatic carbocycles. The maximum absolute atomic E-state index is 13.7. The van der Waals surface area contributed by atoms with Crippen LogP contribution < -0.4 is 5.32 Å². The van der Waals surface area contributed by atoms with E-state index >= 15 is 0 Å². The van der Waals surface area contributed by atoms with Crippen molar-refractivity contribution in [1.29, 1.82) is 0 Å². The van der Waals surface area contributed by atoms with E-state index in [4.69, 9.17) is 9.47 Å². The number of ketones is 1. The Labute approximate surface area is 179 Å². The number of aryl methyl sites for hydroxylation is 2. The molecule has 7 heteroatoms. The first-order chi connectivity index (χ1) is 13.3. The molecule has 1 N–H and O–H groups in total. The van der Waals surface area contributed by atoms with E-state index in [1.165, 1.54) is 7.11 Å². The van der Waals surface area contributed by atoms with Crippen LogP contribution in [0.25, 0.3) is 5.57 Å². The van der Waals surface area contributed by atoms with Crippen LogP contribution in [-0.4, -0.2) is 37.8 Å². The van der Waals surface area contributed by atoms with Crippen molar-refractivity contribution in [2.24, 2.45) is 0 Å². The van der Waals surface area contributed by atoms with Gasteiger partial charge in [-0.2, -0.15) is 0 Å². The zero-order valence-electron chi connectivity index (χ0n) is 16.7. The fraction of sp³-hybridized carbons (Fsp3) is 0.524. The van der Waals surface area contributed by atoms with Gasteiger partial charge in [0.1, 0.15) is 5.54 Å². The number of hydrogen-bond acceptors (Lipinski definition) is 6. The number of benzene rings is 1. The third kappa shape index (κ3) is 3.78. The fourth-order valence-corrected chi connectivity index (χ4v) is 5.07. The van der Waals surface area contributed by atoms with Gasteiger partial charge in [-0.3, -0.25) is 4.79 Å². The minimum Gasteiger partial charge on any atom is -0.437 e. The summed E-state index contributed by atoms with van der Waals surface area (Å²) in [5.41, 5.74) is 2.59. The lowest BCUT2D eigenvalue weighted by Gasteiger charge is -2.36. The van der Waals surface area contributed by atoms with Gasteiger partial charge in [0.15, 0.2) is 5.78 Å². The molecule has 1 fully saturated rings. The van der Waals surface area contributed by atoms with Crippen LogP contribution in [0, 0.1) is 10.5 Å². The normalized spacial score (nSPS) is 24.5. The molecular weight excluding hydrogens is 473 g/mol. The molecule has 0 atom stereocenters. The molecular formula is C21H26INO5. The van der Waals surface area contributed by atoms with Crippen LogP contribution in [0.2, 0.25) is 0 Å². The molecule has 0 aromatic heterocycles. The highest BCUT2D eigenvalue weighted by Crippen LogP contribution is 2.43. The van der Waals surface area contributed by atoms with Gasteiger partial charge in [0.25, 0.3) is 0 Å². The van der Waals surface area contributed by atoms with Crippen molar-refractivity contribution in [3.05, 3.63) is 38.3 Å². The Morgan fingerprint density at radius 3 is 2.54 bits per heavy atom. The molecule has 0 saturated heterocycles. The molecule has 1 aromatic rings. The quantitative estimate of drug-likeness (QED) is 0.497. The lowest BCUT2D eigenvalue weighted by molar-refractivity contribution is -0.120. The Morgan fingerprint density at radius 2 is 1.96 bits per heavy atom. The molecule has 0 unspecified atom stereocenters. The number of rotatable bonds is 4. The van der Waals surface area contributed by atoms with Crippen molar-refractivity contribution in [3.8, 4) is 0 Å². The minimum absolute atomic E-state index is 0.0139. The summed E-state index contributed by atoms with van der Waals surface area (Å²) in [6.45, 7) is 4.04. The van der Waals surface area contributed by atoms with Crippen molar-refractivity contribution in [1.82, 2.24) is 5.32 Å². The first-order valence-corrected chi connectivity index (χ1v) is 10.6. The Kier molecular flexibility index (Phi) is 6.34. The van der Waals surface area contributed by atoms with Crippen molar-refractivity contribution >= 4 is 40.1 Å². The van der Waals surface area contributed by atoms with Gasteiger partial charge in [-0.05, 0) is 90.4 Å². The van der Waals surface area contributed by atoms with Gasteiger partial charge in [0.2, 0.25) is 5.88 Å². The molecule has 3 rings (SSSR count). The van der Waals surface area contributed by atoms with E-state index < -0.39 is 11.7 Å². The highest BCUT2D eigenvalue weighted by molar-refractivity contribution is 14.1. The molecule has 1 spiro atoms. The van der Waals surface area contributed by atoms with Crippen molar-refractivity contribution in [3.63, 3.8) is 0 Å². The lowest BCUT2D eigenvalue weighted by atomic mass is 9.76. The molecule has 1 heterocycles. The monoisotopic (exact) mass is 499 g/mol. The fourth-order valence-electron chi connectivity index (χ4n) is 4.23. The maximum Gasteiger partial charge on any atom is 0.514 e. The molecule has 1 aromatic carbocycles. The number of methoxy groups -OCH3 is 2. The third-order valence-corrected chi connectivity index (χ3v) is 6.35. The van der Waals surface area contributed by atoms with Crippen LogP contribution >= 0.6 is 22.6 Å². The van der Waals surface area contributed by atoms with Crippen LogP contribution in [0.4, 0.5) is 4.79 Å². The number of carbonyl (C=O) groups is 2. The lowest BCUT2D eigenvalue weighted by Crippen LogP contribution is -2.50. The summed E-state index contributed by atoms with van der Waals surface area (Å²) in [6.07, 6.45) is 2.91. The predicted molar refractivity (Wildman–Crippen MR) is 114 cm³/mol. The Hall–Kier alpha value is -1.61. The van der Waals surface area contributed by atoms with Crippen LogP contribution in [-0.2, 0) is 25.4 Å². The topological polar surface area (TPSA) is 73.9 Å². The molecule has 152 valence electrons. The van der Waals surface area contributed by atoms with Crippen LogP contribution in [0.1, 0.15) is 49.3 Å². The molecule has 28 heavy (non-hydrogen) atoms. The second kappa shape index (κ2) is 8.41. The summed E-state index contributed by atoms with van der Waals surface area (Å²) in [4.78, 5) is 25.5. The summed E-state index contributed by atoms with van der Waals surface area (Å²) < 4.78 is 16.7. The van der Waals surface area contributed by atoms with Crippen LogP contribution in [0.3, 0.4) is 0 Å². The van der Waals surface area contributed by atoms with Crippen molar-refractivity contribution < 1.29 is 23.8 Å². The number of carbonyl (C=O) groups excluding carboxylic acids is 2. The number of halogens is 1. The van der Waals surface area contributed by atoms with E-state index in [0.29, 0.717) is 18.4 Å². The highest BCUT2D eigenvalue weighted by atomic mass is 127. The van der Waals surface area contributed by atoms with E-state index in [0.717, 1.165) is 39.5 Å². The number of Topliss-reactive ketones (excluding diaryl/α,β-unsaturated/α-hetero) is 1. The SMILES string of the molecule is CCc1cc(I)cc(C)c1C1=C(OC(=O)OC)NC2(CCC(OC)CC2)C1=O. The number of hydrogen-bond donors (Lipinski definition) is 1. The Balaban J connectivity index is 2.08. The van der Waals surface area contributed by atoms with Gasteiger partial charge in [-0.1, -0.05) is 6.92 Å². The molecule has 0 amide bonds. The smallest absolute Gasteiger partial charge is 0.437 e. The molecule has 1 saturated carbocycles. The predicted octanol–water partition coefficient (Wildman–Crippen LogP) is 4.11. The second-order valence-electron chi connectivity index (χ2n) is 7.34. The number of ether oxygens (including phenoxy) is 3. The highest BCUT2D eigenvalue weighted by Gasteiger charge is 2.51. The van der Waals surface area contributed by atoms with E-state index in [-0.39, 0.29) is 17.8 Å². The third-order valence-electron chi connectivity index (χ3n) is 5.73. The van der Waals surface area contributed by atoms with E-state index in [9.17, 15) is 9.59 Å². The summed E-state index contributed by atoms with van der Waals surface area (Å²) in [5, 5.41) is 3.26. The van der Waals surface area contributed by atoms with Crippen LogP contribution in [0.15, 0.2) is 18.0 Å². The van der Waals surface area contributed by atoms with Gasteiger partial charge in [0, 0.05) is 10.7 Å². The summed E-state index contributed by atoms with van der Waals surface area (Å²) in [6, 6.07) is 4.11. The molecule has 1 aliphatic heterocycles. The Bertz CT molecular complexity index is 824. The van der Waals surface area contributed by atoms with Crippen LogP contribution in [0.5, 0.6) is 0 Å². The molecule has 0 bridgehead atoms. The largest absolute Gasteiger partial charge is 0.514 e. The molecule has 2 aliphatic rings. The first kappa shape index (κ1) is 21.1. The minimum atomic E-state index is -0.836. The Morgan fingerprint density at radius 1 is 1.29 bits per heavy atom. The summed E-state index contributed by atoms with van der Waals surface area (Å²) >= 11 is 2.28. The van der Waals surface area contributed by atoms with Gasteiger partial charge < -0.3 is 19.5 Å². The van der Waals surface area contributed by atoms with E-state index in [1.807, 2.05) is 13.0 Å². The van der Waals surface area contributed by atoms with E-state index in [2.05, 4.69) is 45.6 Å². The van der Waals surface area contributed by atoms with Gasteiger partial charge >= 0.3 is 6.16 Å².